The summed E-state index contributed by atoms with van der Waals surface area (Å²) in [4.78, 5) is 26.5. The van der Waals surface area contributed by atoms with Crippen LogP contribution < -0.4 is 14.8 Å². The van der Waals surface area contributed by atoms with E-state index in [-0.39, 0.29) is 42.9 Å². The van der Waals surface area contributed by atoms with Gasteiger partial charge in [0.1, 0.15) is 11.5 Å². The van der Waals surface area contributed by atoms with E-state index in [0.29, 0.717) is 29.2 Å². The van der Waals surface area contributed by atoms with E-state index >= 15 is 0 Å². The van der Waals surface area contributed by atoms with Crippen LogP contribution in [-0.4, -0.2) is 68.8 Å². The van der Waals surface area contributed by atoms with Gasteiger partial charge in [0, 0.05) is 31.7 Å². The molecule has 1 fully saturated rings. The zero-order valence-electron chi connectivity index (χ0n) is 17.9. The van der Waals surface area contributed by atoms with Crippen LogP contribution in [-0.2, 0) is 14.8 Å². The largest absolute Gasteiger partial charge is 0.497 e. The lowest BCUT2D eigenvalue weighted by atomic mass is 10.2. The Morgan fingerprint density at radius 3 is 2.44 bits per heavy atom. The first kappa shape index (κ1) is 22.1. The number of hydrogen-bond acceptors (Lipinski definition) is 6. The van der Waals surface area contributed by atoms with E-state index < -0.39 is 16.1 Å². The third-order valence-electron chi connectivity index (χ3n) is 5.64. The number of carbonyl (C=O) groups is 2. The van der Waals surface area contributed by atoms with Crippen molar-refractivity contribution in [3.63, 3.8) is 0 Å². The molecule has 2 aliphatic heterocycles. The number of methoxy groups -OCH3 is 1. The molecule has 0 saturated carbocycles. The van der Waals surface area contributed by atoms with E-state index in [0.717, 1.165) is 0 Å². The lowest BCUT2D eigenvalue weighted by Gasteiger charge is -2.34. The highest BCUT2D eigenvalue weighted by molar-refractivity contribution is 7.89. The van der Waals surface area contributed by atoms with Gasteiger partial charge in [-0.15, -0.1) is 0 Å². The van der Waals surface area contributed by atoms with Gasteiger partial charge in [-0.05, 0) is 48.9 Å². The van der Waals surface area contributed by atoms with Crippen molar-refractivity contribution < 1.29 is 27.5 Å². The van der Waals surface area contributed by atoms with Crippen molar-refractivity contribution in [3.8, 4) is 11.5 Å². The average molecular weight is 460 g/mol. The van der Waals surface area contributed by atoms with Gasteiger partial charge in [0.25, 0.3) is 11.8 Å². The summed E-state index contributed by atoms with van der Waals surface area (Å²) in [5, 5.41) is 2.72. The van der Waals surface area contributed by atoms with Crippen LogP contribution in [0, 0.1) is 0 Å². The highest BCUT2D eigenvalue weighted by atomic mass is 32.2. The Bertz CT molecular complexity index is 1120. The number of rotatable bonds is 5. The molecule has 2 aromatic rings. The van der Waals surface area contributed by atoms with Gasteiger partial charge in [0.05, 0.1) is 17.7 Å². The third kappa shape index (κ3) is 4.15. The molecule has 0 aromatic heterocycles. The summed E-state index contributed by atoms with van der Waals surface area (Å²) in [6.07, 6.45) is -0.0635. The summed E-state index contributed by atoms with van der Waals surface area (Å²) in [5.41, 5.74) is 0.868. The first-order chi connectivity index (χ1) is 15.3. The second-order valence-corrected chi connectivity index (χ2v) is 9.52. The van der Waals surface area contributed by atoms with Crippen LogP contribution in [0.4, 0.5) is 5.69 Å². The number of benzene rings is 2. The zero-order valence-corrected chi connectivity index (χ0v) is 18.7. The Hall–Kier alpha value is -3.11. The predicted molar refractivity (Wildman–Crippen MR) is 117 cm³/mol. The second-order valence-electron chi connectivity index (χ2n) is 7.59. The number of fused-ring (bicyclic) bond motifs is 1. The maximum absolute atomic E-state index is 13.1. The molecule has 1 atom stereocenters. The topological polar surface area (TPSA) is 105 Å². The number of hydrogen-bond donors (Lipinski definition) is 1. The zero-order chi connectivity index (χ0) is 22.9. The molecular weight excluding hydrogens is 434 g/mol. The molecular formula is C22H25N3O6S. The Kier molecular flexibility index (Phi) is 6.07. The van der Waals surface area contributed by atoms with Crippen molar-refractivity contribution in [2.45, 2.75) is 24.3 Å². The van der Waals surface area contributed by atoms with Gasteiger partial charge < -0.3 is 19.7 Å². The highest BCUT2D eigenvalue weighted by Gasteiger charge is 2.32. The molecule has 9 nitrogen and oxygen atoms in total. The fraction of sp³-hybridized carbons (Fsp3) is 0.364. The Morgan fingerprint density at radius 1 is 1.12 bits per heavy atom. The normalized spacial score (nSPS) is 19.0. The predicted octanol–water partition coefficient (Wildman–Crippen LogP) is 1.95. The van der Waals surface area contributed by atoms with Crippen LogP contribution >= 0.6 is 0 Å². The number of sulfonamides is 1. The fourth-order valence-electron chi connectivity index (χ4n) is 3.76. The number of nitrogens with zero attached hydrogens (tertiary/aromatic N) is 2. The number of carbonyl (C=O) groups excluding carboxylic acids is 2. The lowest BCUT2D eigenvalue weighted by Crippen LogP contribution is -2.50. The van der Waals surface area contributed by atoms with Crippen molar-refractivity contribution in [3.05, 3.63) is 48.0 Å². The molecule has 0 bridgehead atoms. The number of amides is 2. The van der Waals surface area contributed by atoms with Gasteiger partial charge in [0.2, 0.25) is 10.0 Å². The van der Waals surface area contributed by atoms with Gasteiger partial charge in [0.15, 0.2) is 6.10 Å². The summed E-state index contributed by atoms with van der Waals surface area (Å²) in [6.45, 7) is 2.78. The first-order valence-corrected chi connectivity index (χ1v) is 11.8. The monoisotopic (exact) mass is 459 g/mol. The second kappa shape index (κ2) is 8.79. The molecule has 0 aliphatic carbocycles. The average Bonchev–Trinajstić information content (AvgIpc) is 2.82. The van der Waals surface area contributed by atoms with Crippen LogP contribution in [0.1, 0.15) is 23.7 Å². The number of nitrogens with one attached hydrogen (secondary N) is 1. The summed E-state index contributed by atoms with van der Waals surface area (Å²) in [7, 11) is -2.23. The first-order valence-electron chi connectivity index (χ1n) is 10.4. The third-order valence-corrected chi connectivity index (χ3v) is 7.54. The maximum Gasteiger partial charge on any atom is 0.265 e. The van der Waals surface area contributed by atoms with E-state index in [1.807, 2.05) is 6.92 Å². The van der Waals surface area contributed by atoms with Crippen LogP contribution in [0.25, 0.3) is 0 Å². The summed E-state index contributed by atoms with van der Waals surface area (Å²) in [5.74, 6) is 0.670. The van der Waals surface area contributed by atoms with E-state index in [9.17, 15) is 18.0 Å². The molecule has 0 unspecified atom stereocenters. The summed E-state index contributed by atoms with van der Waals surface area (Å²) < 4.78 is 38.4. The van der Waals surface area contributed by atoms with Gasteiger partial charge in [-0.3, -0.25) is 9.59 Å². The number of piperazine rings is 1. The summed E-state index contributed by atoms with van der Waals surface area (Å²) in [6, 6.07) is 11.3. The van der Waals surface area contributed by atoms with Gasteiger partial charge in [-0.25, -0.2) is 8.42 Å². The minimum absolute atomic E-state index is 0.0741. The molecule has 1 saturated heterocycles. The molecule has 2 aromatic carbocycles. The molecule has 4 rings (SSSR count). The standard InChI is InChI=1S/C22H25N3O6S/c1-3-19-21(26)23-18-14-17(8-9-20(18)31-19)32(28,29)25-12-10-24(11-13-25)22(27)15-4-6-16(30-2)7-5-15/h4-9,14,19H,3,10-13H2,1-2H3,(H,23,26)/t19-/m0/s1. The summed E-state index contributed by atoms with van der Waals surface area (Å²) >= 11 is 0. The molecule has 32 heavy (non-hydrogen) atoms. The fourth-order valence-corrected chi connectivity index (χ4v) is 5.20. The van der Waals surface area contributed by atoms with Crippen LogP contribution in [0.5, 0.6) is 11.5 Å². The molecule has 2 aliphatic rings. The van der Waals surface area contributed by atoms with Crippen molar-refractivity contribution in [1.82, 2.24) is 9.21 Å². The van der Waals surface area contributed by atoms with Crippen molar-refractivity contribution in [2.24, 2.45) is 0 Å². The molecule has 1 N–H and O–H groups in total. The Balaban J connectivity index is 1.44. The van der Waals surface area contributed by atoms with Crippen LogP contribution in [0.15, 0.2) is 47.4 Å². The molecule has 2 heterocycles. The number of anilines is 1. The van der Waals surface area contributed by atoms with Crippen LogP contribution in [0.3, 0.4) is 0 Å². The Labute approximate surface area is 187 Å². The van der Waals surface area contributed by atoms with Crippen molar-refractivity contribution in [2.75, 3.05) is 38.6 Å². The SMILES string of the molecule is CC[C@@H]1Oc2ccc(S(=O)(=O)N3CCN(C(=O)c4ccc(OC)cc4)CC3)cc2NC1=O. The quantitative estimate of drug-likeness (QED) is 0.733. The van der Waals surface area contributed by atoms with Gasteiger partial charge in [-0.2, -0.15) is 4.31 Å². The molecule has 2 amide bonds. The van der Waals surface area contributed by atoms with E-state index in [2.05, 4.69) is 5.32 Å². The van der Waals surface area contributed by atoms with Crippen molar-refractivity contribution in [1.29, 1.82) is 0 Å². The van der Waals surface area contributed by atoms with Gasteiger partial charge >= 0.3 is 0 Å². The minimum Gasteiger partial charge on any atom is -0.497 e. The molecule has 0 spiro atoms. The highest BCUT2D eigenvalue weighted by Crippen LogP contribution is 2.33. The van der Waals surface area contributed by atoms with Crippen LogP contribution in [0.2, 0.25) is 0 Å². The van der Waals surface area contributed by atoms with Gasteiger partial charge in [-0.1, -0.05) is 6.92 Å². The van der Waals surface area contributed by atoms with E-state index in [1.54, 1.807) is 42.3 Å². The van der Waals surface area contributed by atoms with E-state index in [1.165, 1.54) is 16.4 Å². The smallest absolute Gasteiger partial charge is 0.265 e. The molecule has 0 radical (unpaired) electrons. The number of ether oxygens (including phenoxy) is 2. The lowest BCUT2D eigenvalue weighted by molar-refractivity contribution is -0.123. The Morgan fingerprint density at radius 2 is 1.81 bits per heavy atom. The van der Waals surface area contributed by atoms with Crippen molar-refractivity contribution >= 4 is 27.5 Å². The molecule has 170 valence electrons. The maximum atomic E-state index is 13.1. The minimum atomic E-state index is -3.78. The van der Waals surface area contributed by atoms with E-state index in [4.69, 9.17) is 9.47 Å². The molecule has 10 heteroatoms.